The Kier molecular flexibility index (Phi) is 6.17. The third kappa shape index (κ3) is 4.09. The van der Waals surface area contributed by atoms with Crippen molar-refractivity contribution in [1.29, 1.82) is 0 Å². The normalized spacial score (nSPS) is 15.2. The molecule has 0 saturated heterocycles. The van der Waals surface area contributed by atoms with E-state index in [2.05, 4.69) is 6.92 Å². The molecule has 2 aromatic rings. The number of rotatable bonds is 6. The van der Waals surface area contributed by atoms with Crippen LogP contribution in [0.1, 0.15) is 31.9 Å². The van der Waals surface area contributed by atoms with E-state index >= 15 is 0 Å². The monoisotopic (exact) mass is 391 g/mol. The Morgan fingerprint density at radius 1 is 1.03 bits per heavy atom. The summed E-state index contributed by atoms with van der Waals surface area (Å²) in [5.74, 6) is -0.0216. The summed E-state index contributed by atoms with van der Waals surface area (Å²) in [7, 11) is 1.32. The summed E-state index contributed by atoms with van der Waals surface area (Å²) in [6, 6.07) is 15.2. The molecule has 29 heavy (non-hydrogen) atoms. The zero-order chi connectivity index (χ0) is 21.0. The van der Waals surface area contributed by atoms with Gasteiger partial charge in [0.15, 0.2) is 0 Å². The SMILES string of the molecule is CCOc1ccc(/C=C2\C(=O)N(c3ccc(CC)cc3)C(C)=C2C(=O)OC)cc1. The molecule has 5 nitrogen and oxygen atoms in total. The quantitative estimate of drug-likeness (QED) is 0.536. The minimum absolute atomic E-state index is 0.249. The van der Waals surface area contributed by atoms with Crippen LogP contribution in [0.3, 0.4) is 0 Å². The third-order valence-electron chi connectivity index (χ3n) is 4.89. The first-order chi connectivity index (χ1) is 14.0. The molecule has 0 N–H and O–H groups in total. The zero-order valence-electron chi connectivity index (χ0n) is 17.2. The number of carbonyl (C=O) groups excluding carboxylic acids is 2. The summed E-state index contributed by atoms with van der Waals surface area (Å²) in [6.07, 6.45) is 2.63. The standard InChI is InChI=1S/C24H25NO4/c1-5-17-7-11-19(12-8-17)25-16(3)22(24(27)28-4)21(23(25)26)15-18-9-13-20(14-10-18)29-6-2/h7-15H,5-6H2,1-4H3/b21-15-. The molecule has 2 aromatic carbocycles. The number of hydrogen-bond donors (Lipinski definition) is 0. The molecule has 1 amide bonds. The average Bonchev–Trinajstić information content (AvgIpc) is 2.98. The Balaban J connectivity index is 2.03. The molecule has 3 rings (SSSR count). The lowest BCUT2D eigenvalue weighted by atomic mass is 10.0. The number of methoxy groups -OCH3 is 1. The van der Waals surface area contributed by atoms with Crippen LogP contribution in [0.15, 0.2) is 65.4 Å². The van der Waals surface area contributed by atoms with Gasteiger partial charge >= 0.3 is 5.97 Å². The lowest BCUT2D eigenvalue weighted by molar-refractivity contribution is -0.136. The molecule has 1 heterocycles. The first kappa shape index (κ1) is 20.4. The van der Waals surface area contributed by atoms with Crippen LogP contribution in [0.4, 0.5) is 5.69 Å². The maximum Gasteiger partial charge on any atom is 0.340 e. The molecule has 1 aliphatic heterocycles. The van der Waals surface area contributed by atoms with Crippen LogP contribution in [0.5, 0.6) is 5.75 Å². The number of allylic oxidation sites excluding steroid dienone is 1. The molecule has 0 saturated carbocycles. The van der Waals surface area contributed by atoms with Gasteiger partial charge in [0.05, 0.1) is 24.9 Å². The van der Waals surface area contributed by atoms with Crippen molar-refractivity contribution < 1.29 is 19.1 Å². The maximum absolute atomic E-state index is 13.3. The van der Waals surface area contributed by atoms with Crippen LogP contribution in [0.2, 0.25) is 0 Å². The Bertz CT molecular complexity index is 969. The number of esters is 1. The molecular formula is C24H25NO4. The van der Waals surface area contributed by atoms with Crippen molar-refractivity contribution in [2.75, 3.05) is 18.6 Å². The van der Waals surface area contributed by atoms with Crippen molar-refractivity contribution in [2.45, 2.75) is 27.2 Å². The molecular weight excluding hydrogens is 366 g/mol. The number of benzene rings is 2. The molecule has 5 heteroatoms. The molecule has 0 atom stereocenters. The summed E-state index contributed by atoms with van der Waals surface area (Å²) < 4.78 is 10.4. The second-order valence-corrected chi connectivity index (χ2v) is 6.67. The van der Waals surface area contributed by atoms with Crippen LogP contribution in [-0.2, 0) is 20.7 Å². The van der Waals surface area contributed by atoms with Gasteiger partial charge in [0.25, 0.3) is 5.91 Å². The molecule has 150 valence electrons. The van der Waals surface area contributed by atoms with E-state index in [1.54, 1.807) is 17.9 Å². The maximum atomic E-state index is 13.3. The van der Waals surface area contributed by atoms with Gasteiger partial charge in [-0.1, -0.05) is 31.2 Å². The van der Waals surface area contributed by atoms with Crippen molar-refractivity contribution in [3.63, 3.8) is 0 Å². The second-order valence-electron chi connectivity index (χ2n) is 6.67. The number of aryl methyl sites for hydroxylation is 1. The fourth-order valence-corrected chi connectivity index (χ4v) is 3.37. The van der Waals surface area contributed by atoms with Gasteiger partial charge in [0.2, 0.25) is 0 Å². The van der Waals surface area contributed by atoms with Gasteiger partial charge < -0.3 is 9.47 Å². The van der Waals surface area contributed by atoms with E-state index in [0.717, 1.165) is 23.4 Å². The Morgan fingerprint density at radius 2 is 1.69 bits per heavy atom. The summed E-state index contributed by atoms with van der Waals surface area (Å²) in [6.45, 7) is 6.34. The smallest absolute Gasteiger partial charge is 0.340 e. The van der Waals surface area contributed by atoms with Gasteiger partial charge in [0.1, 0.15) is 5.75 Å². The summed E-state index contributed by atoms with van der Waals surface area (Å²) in [4.78, 5) is 27.3. The summed E-state index contributed by atoms with van der Waals surface area (Å²) in [5, 5.41) is 0. The molecule has 0 radical (unpaired) electrons. The number of anilines is 1. The van der Waals surface area contributed by atoms with Gasteiger partial charge in [-0.3, -0.25) is 9.69 Å². The van der Waals surface area contributed by atoms with Crippen LogP contribution < -0.4 is 9.64 Å². The van der Waals surface area contributed by atoms with E-state index in [-0.39, 0.29) is 11.5 Å². The van der Waals surface area contributed by atoms with Gasteiger partial charge in [-0.25, -0.2) is 4.79 Å². The lowest BCUT2D eigenvalue weighted by Gasteiger charge is -2.18. The van der Waals surface area contributed by atoms with E-state index in [9.17, 15) is 9.59 Å². The molecule has 1 aliphatic rings. The van der Waals surface area contributed by atoms with Gasteiger partial charge in [-0.2, -0.15) is 0 Å². The summed E-state index contributed by atoms with van der Waals surface area (Å²) >= 11 is 0. The fourth-order valence-electron chi connectivity index (χ4n) is 3.37. The topological polar surface area (TPSA) is 55.8 Å². The minimum atomic E-state index is -0.527. The van der Waals surface area contributed by atoms with E-state index < -0.39 is 5.97 Å². The molecule has 0 fully saturated rings. The Labute approximate surface area is 171 Å². The number of amides is 1. The highest BCUT2D eigenvalue weighted by atomic mass is 16.5. The van der Waals surface area contributed by atoms with Crippen molar-refractivity contribution >= 4 is 23.6 Å². The van der Waals surface area contributed by atoms with Gasteiger partial charge in [-0.05, 0) is 61.7 Å². The van der Waals surface area contributed by atoms with E-state index in [1.165, 1.54) is 12.7 Å². The Morgan fingerprint density at radius 3 is 2.24 bits per heavy atom. The summed E-state index contributed by atoms with van der Waals surface area (Å²) in [5.41, 5.74) is 3.86. The lowest BCUT2D eigenvalue weighted by Crippen LogP contribution is -2.24. The van der Waals surface area contributed by atoms with Crippen LogP contribution in [0.25, 0.3) is 6.08 Å². The van der Waals surface area contributed by atoms with Crippen LogP contribution in [-0.4, -0.2) is 25.6 Å². The highest BCUT2D eigenvalue weighted by molar-refractivity contribution is 6.23. The van der Waals surface area contributed by atoms with E-state index in [4.69, 9.17) is 9.47 Å². The van der Waals surface area contributed by atoms with E-state index in [0.29, 0.717) is 17.9 Å². The van der Waals surface area contributed by atoms with Crippen molar-refractivity contribution in [3.05, 3.63) is 76.5 Å². The highest BCUT2D eigenvalue weighted by Crippen LogP contribution is 2.35. The largest absolute Gasteiger partial charge is 0.494 e. The molecule has 0 aliphatic carbocycles. The van der Waals surface area contributed by atoms with Crippen molar-refractivity contribution in [3.8, 4) is 5.75 Å². The second kappa shape index (κ2) is 8.78. The van der Waals surface area contributed by atoms with Gasteiger partial charge in [-0.15, -0.1) is 0 Å². The number of nitrogens with zero attached hydrogens (tertiary/aromatic N) is 1. The van der Waals surface area contributed by atoms with Crippen molar-refractivity contribution in [2.24, 2.45) is 0 Å². The molecule has 0 unspecified atom stereocenters. The number of hydrogen-bond acceptors (Lipinski definition) is 4. The Hall–Kier alpha value is -3.34. The van der Waals surface area contributed by atoms with Crippen LogP contribution in [0, 0.1) is 0 Å². The number of ether oxygens (including phenoxy) is 2. The fraction of sp³-hybridized carbons (Fsp3) is 0.250. The third-order valence-corrected chi connectivity index (χ3v) is 4.89. The van der Waals surface area contributed by atoms with Crippen LogP contribution >= 0.6 is 0 Å². The zero-order valence-corrected chi connectivity index (χ0v) is 17.2. The molecule has 0 bridgehead atoms. The van der Waals surface area contributed by atoms with Gasteiger partial charge in [0, 0.05) is 11.4 Å². The van der Waals surface area contributed by atoms with E-state index in [1.807, 2.05) is 55.5 Å². The van der Waals surface area contributed by atoms with Crippen molar-refractivity contribution in [1.82, 2.24) is 0 Å². The molecule has 0 aromatic heterocycles. The first-order valence-electron chi connectivity index (χ1n) is 9.67. The number of carbonyl (C=O) groups is 2. The predicted octanol–water partition coefficient (Wildman–Crippen LogP) is 4.52. The first-order valence-corrected chi connectivity index (χ1v) is 9.67. The highest BCUT2D eigenvalue weighted by Gasteiger charge is 2.37. The average molecular weight is 391 g/mol. The predicted molar refractivity (Wildman–Crippen MR) is 114 cm³/mol. The minimum Gasteiger partial charge on any atom is -0.494 e. The molecule has 0 spiro atoms.